The summed E-state index contributed by atoms with van der Waals surface area (Å²) in [6.07, 6.45) is 0. The molecule has 12 heavy (non-hydrogen) atoms. The first-order chi connectivity index (χ1) is 5.61. The average molecular weight is 165 g/mol. The van der Waals surface area contributed by atoms with E-state index in [0.717, 1.165) is 5.69 Å². The number of aromatic nitrogens is 1. The van der Waals surface area contributed by atoms with Crippen LogP contribution >= 0.6 is 0 Å². The molecule has 0 spiro atoms. The average Bonchev–Trinajstić information content (AvgIpc) is 2.03. The van der Waals surface area contributed by atoms with Crippen molar-refractivity contribution >= 4 is 5.82 Å². The third-order valence-electron chi connectivity index (χ3n) is 1.85. The maximum Gasteiger partial charge on any atom is 0.123 e. The summed E-state index contributed by atoms with van der Waals surface area (Å²) >= 11 is 0. The minimum Gasteiger partial charge on any atom is -0.384 e. The summed E-state index contributed by atoms with van der Waals surface area (Å²) in [7, 11) is 0. The van der Waals surface area contributed by atoms with Crippen molar-refractivity contribution in [2.45, 2.75) is 19.9 Å². The van der Waals surface area contributed by atoms with Gasteiger partial charge < -0.3 is 11.5 Å². The Bertz CT molecular complexity index is 258. The number of pyridine rings is 1. The van der Waals surface area contributed by atoms with E-state index in [1.807, 2.05) is 12.1 Å². The molecule has 1 aromatic rings. The zero-order valence-corrected chi connectivity index (χ0v) is 7.49. The fourth-order valence-electron chi connectivity index (χ4n) is 0.996. The number of nitrogens with zero attached hydrogens (tertiary/aromatic N) is 1. The molecule has 0 aliphatic rings. The highest BCUT2D eigenvalue weighted by atomic mass is 14.9. The van der Waals surface area contributed by atoms with Gasteiger partial charge in [-0.2, -0.15) is 0 Å². The van der Waals surface area contributed by atoms with Crippen molar-refractivity contribution in [1.82, 2.24) is 4.98 Å². The molecule has 0 aliphatic heterocycles. The highest BCUT2D eigenvalue weighted by Crippen LogP contribution is 2.16. The highest BCUT2D eigenvalue weighted by Gasteiger charge is 2.11. The highest BCUT2D eigenvalue weighted by molar-refractivity contribution is 5.29. The van der Waals surface area contributed by atoms with Crippen LogP contribution in [0.4, 0.5) is 5.82 Å². The molecule has 3 heteroatoms. The summed E-state index contributed by atoms with van der Waals surface area (Å²) < 4.78 is 0. The number of nitrogens with two attached hydrogens (primary N) is 2. The lowest BCUT2D eigenvalue weighted by Crippen LogP contribution is -2.18. The van der Waals surface area contributed by atoms with Crippen LogP contribution in [0, 0.1) is 5.92 Å². The zero-order valence-electron chi connectivity index (χ0n) is 7.49. The van der Waals surface area contributed by atoms with Gasteiger partial charge in [0.05, 0.1) is 5.69 Å². The molecule has 4 N–H and O–H groups in total. The van der Waals surface area contributed by atoms with E-state index in [1.165, 1.54) is 0 Å². The van der Waals surface area contributed by atoms with Gasteiger partial charge in [-0.1, -0.05) is 19.9 Å². The molecule has 0 fully saturated rings. The lowest BCUT2D eigenvalue weighted by molar-refractivity contribution is 0.503. The van der Waals surface area contributed by atoms with Crippen LogP contribution in [0.2, 0.25) is 0 Å². The van der Waals surface area contributed by atoms with Crippen molar-refractivity contribution in [1.29, 1.82) is 0 Å². The molecular weight excluding hydrogens is 150 g/mol. The predicted molar refractivity (Wildman–Crippen MR) is 50.4 cm³/mol. The molecule has 1 aromatic heterocycles. The van der Waals surface area contributed by atoms with Crippen molar-refractivity contribution in [3.63, 3.8) is 0 Å². The van der Waals surface area contributed by atoms with Gasteiger partial charge in [-0.15, -0.1) is 0 Å². The Morgan fingerprint density at radius 3 is 2.50 bits per heavy atom. The summed E-state index contributed by atoms with van der Waals surface area (Å²) in [6, 6.07) is 5.52. The maximum atomic E-state index is 5.89. The molecule has 1 atom stereocenters. The molecule has 0 radical (unpaired) electrons. The molecule has 0 bridgehead atoms. The van der Waals surface area contributed by atoms with Crippen molar-refractivity contribution < 1.29 is 0 Å². The summed E-state index contributed by atoms with van der Waals surface area (Å²) in [5, 5.41) is 0. The Kier molecular flexibility index (Phi) is 2.65. The zero-order chi connectivity index (χ0) is 9.14. The SMILES string of the molecule is CC(C)[C@@H](N)c1cccc(N)n1. The Morgan fingerprint density at radius 1 is 1.33 bits per heavy atom. The Balaban J connectivity index is 2.88. The van der Waals surface area contributed by atoms with Crippen LogP contribution in [-0.2, 0) is 0 Å². The second-order valence-electron chi connectivity index (χ2n) is 3.26. The van der Waals surface area contributed by atoms with Crippen molar-refractivity contribution in [2.24, 2.45) is 11.7 Å². The van der Waals surface area contributed by atoms with E-state index in [2.05, 4.69) is 18.8 Å². The van der Waals surface area contributed by atoms with Gasteiger partial charge in [0.15, 0.2) is 0 Å². The molecular formula is C9H15N3. The number of hydrogen-bond donors (Lipinski definition) is 2. The second kappa shape index (κ2) is 3.54. The van der Waals surface area contributed by atoms with Crippen LogP contribution < -0.4 is 11.5 Å². The van der Waals surface area contributed by atoms with E-state index in [9.17, 15) is 0 Å². The third-order valence-corrected chi connectivity index (χ3v) is 1.85. The van der Waals surface area contributed by atoms with Gasteiger partial charge in [-0.3, -0.25) is 0 Å². The standard InChI is InChI=1S/C9H15N3/c1-6(2)9(11)7-4-3-5-8(10)12-7/h3-6,9H,11H2,1-2H3,(H2,10,12)/t9-/m1/s1. The van der Waals surface area contributed by atoms with E-state index in [1.54, 1.807) is 6.07 Å². The fourth-order valence-corrected chi connectivity index (χ4v) is 0.996. The van der Waals surface area contributed by atoms with E-state index in [0.29, 0.717) is 11.7 Å². The molecule has 0 aromatic carbocycles. The molecule has 0 amide bonds. The Morgan fingerprint density at radius 2 is 2.00 bits per heavy atom. The molecule has 0 saturated carbocycles. The van der Waals surface area contributed by atoms with Crippen molar-refractivity contribution in [2.75, 3.05) is 5.73 Å². The van der Waals surface area contributed by atoms with Gasteiger partial charge in [0.25, 0.3) is 0 Å². The number of rotatable bonds is 2. The minimum absolute atomic E-state index is 0.0199. The fraction of sp³-hybridized carbons (Fsp3) is 0.444. The van der Waals surface area contributed by atoms with E-state index in [-0.39, 0.29) is 6.04 Å². The smallest absolute Gasteiger partial charge is 0.123 e. The molecule has 3 nitrogen and oxygen atoms in total. The molecule has 0 saturated heterocycles. The summed E-state index contributed by atoms with van der Waals surface area (Å²) in [4.78, 5) is 4.15. The monoisotopic (exact) mass is 165 g/mol. The van der Waals surface area contributed by atoms with E-state index >= 15 is 0 Å². The minimum atomic E-state index is -0.0199. The van der Waals surface area contributed by atoms with Crippen LogP contribution in [0.15, 0.2) is 18.2 Å². The number of hydrogen-bond acceptors (Lipinski definition) is 3. The van der Waals surface area contributed by atoms with Crippen LogP contribution in [-0.4, -0.2) is 4.98 Å². The predicted octanol–water partition coefficient (Wildman–Crippen LogP) is 1.32. The van der Waals surface area contributed by atoms with Crippen LogP contribution in [0.1, 0.15) is 25.6 Å². The molecule has 1 heterocycles. The van der Waals surface area contributed by atoms with Crippen molar-refractivity contribution in [3.05, 3.63) is 23.9 Å². The maximum absolute atomic E-state index is 5.89. The van der Waals surface area contributed by atoms with Crippen LogP contribution in [0.5, 0.6) is 0 Å². The summed E-state index contributed by atoms with van der Waals surface area (Å²) in [5.74, 6) is 0.919. The van der Waals surface area contributed by atoms with Gasteiger partial charge >= 0.3 is 0 Å². The molecule has 0 unspecified atom stereocenters. The lowest BCUT2D eigenvalue weighted by Gasteiger charge is -2.14. The lowest BCUT2D eigenvalue weighted by atomic mass is 10.0. The molecule has 0 aliphatic carbocycles. The van der Waals surface area contributed by atoms with Gasteiger partial charge in [0, 0.05) is 6.04 Å². The van der Waals surface area contributed by atoms with Crippen LogP contribution in [0.3, 0.4) is 0 Å². The summed E-state index contributed by atoms with van der Waals surface area (Å²) in [5.41, 5.74) is 12.3. The number of nitrogen functional groups attached to an aromatic ring is 1. The largest absolute Gasteiger partial charge is 0.384 e. The van der Waals surface area contributed by atoms with Gasteiger partial charge in [-0.25, -0.2) is 4.98 Å². The topological polar surface area (TPSA) is 64.9 Å². The van der Waals surface area contributed by atoms with Crippen molar-refractivity contribution in [3.8, 4) is 0 Å². The summed E-state index contributed by atoms with van der Waals surface area (Å²) in [6.45, 7) is 4.13. The first-order valence-corrected chi connectivity index (χ1v) is 4.09. The Hall–Kier alpha value is -1.09. The van der Waals surface area contributed by atoms with Gasteiger partial charge in [-0.05, 0) is 18.1 Å². The van der Waals surface area contributed by atoms with E-state index in [4.69, 9.17) is 11.5 Å². The van der Waals surface area contributed by atoms with Crippen LogP contribution in [0.25, 0.3) is 0 Å². The molecule has 1 rings (SSSR count). The quantitative estimate of drug-likeness (QED) is 0.694. The number of anilines is 1. The normalized spacial score (nSPS) is 13.3. The van der Waals surface area contributed by atoms with E-state index < -0.39 is 0 Å². The first kappa shape index (κ1) is 9.00. The second-order valence-corrected chi connectivity index (χ2v) is 3.26. The molecule has 66 valence electrons. The van der Waals surface area contributed by atoms with Gasteiger partial charge in [0.2, 0.25) is 0 Å². The Labute approximate surface area is 72.8 Å². The van der Waals surface area contributed by atoms with Gasteiger partial charge in [0.1, 0.15) is 5.82 Å². The third kappa shape index (κ3) is 1.95. The first-order valence-electron chi connectivity index (χ1n) is 4.09.